The van der Waals surface area contributed by atoms with Gasteiger partial charge in [0.1, 0.15) is 11.3 Å². The molecule has 0 bridgehead atoms. The van der Waals surface area contributed by atoms with Gasteiger partial charge in [-0.2, -0.15) is 13.2 Å². The zero-order valence-corrected chi connectivity index (χ0v) is 16.7. The highest BCUT2D eigenvalue weighted by Gasteiger charge is 2.71. The maximum atomic E-state index is 13.4. The van der Waals surface area contributed by atoms with Gasteiger partial charge in [0.05, 0.1) is 11.5 Å². The number of amides is 1. The van der Waals surface area contributed by atoms with Gasteiger partial charge >= 0.3 is 6.18 Å². The number of ketones is 2. The van der Waals surface area contributed by atoms with Gasteiger partial charge in [-0.1, -0.05) is 6.07 Å². The minimum Gasteiger partial charge on any atom is -0.507 e. The number of rotatable bonds is 2. The number of carbonyl (C=O) groups is 3. The van der Waals surface area contributed by atoms with E-state index in [1.165, 1.54) is 6.07 Å². The molecule has 4 aliphatic rings. The number of ether oxygens (including phenoxy) is 1. The van der Waals surface area contributed by atoms with Crippen LogP contribution >= 0.6 is 0 Å². The number of hydrogen-bond acceptors (Lipinski definition) is 6. The molecule has 0 radical (unpaired) electrons. The molecule has 7 nitrogen and oxygen atoms in total. The van der Waals surface area contributed by atoms with Crippen molar-refractivity contribution in [2.45, 2.75) is 43.9 Å². The maximum absolute atomic E-state index is 13.4. The van der Waals surface area contributed by atoms with Crippen LogP contribution in [0, 0.1) is 11.8 Å². The molecule has 1 aliphatic heterocycles. The standard InChI is InChI=1S/C22H18F3NO6/c1-7(22(23,24)25)10-2-3-12(27)15-11(10)5-8-4-9-6-13(28)16(20(26)31)18(30)21(9)19(32-21)14(8)17(15)29/h2-3,7-9,27,30H,4-6H2,1H3,(H2,26,31)/t7?,8?,9-,21+/m0/s1. The highest BCUT2D eigenvalue weighted by Crippen LogP contribution is 2.64. The second-order valence-electron chi connectivity index (χ2n) is 8.75. The van der Waals surface area contributed by atoms with Crippen LogP contribution in [0.1, 0.15) is 47.2 Å². The van der Waals surface area contributed by atoms with Crippen molar-refractivity contribution in [1.29, 1.82) is 0 Å². The van der Waals surface area contributed by atoms with Gasteiger partial charge in [0.2, 0.25) is 5.60 Å². The molecule has 1 heterocycles. The SMILES string of the molecule is CC(c1ccc(O)c2c1CC1C[C@H]3CC(=O)C(C(N)=O)=C(O)[C@]34OC4=C1C2=O)C(F)(F)F. The number of hydrogen-bond donors (Lipinski definition) is 3. The molecule has 10 heteroatoms. The monoisotopic (exact) mass is 449 g/mol. The number of allylic oxidation sites excluding steroid dienone is 1. The summed E-state index contributed by atoms with van der Waals surface area (Å²) in [6.07, 6.45) is -4.46. The molecule has 5 rings (SSSR count). The van der Waals surface area contributed by atoms with Gasteiger partial charge in [0.15, 0.2) is 23.1 Å². The number of phenolic OH excluding ortho intramolecular Hbond substituents is 1. The summed E-state index contributed by atoms with van der Waals surface area (Å²) in [6.45, 7) is 0.995. The van der Waals surface area contributed by atoms with Crippen molar-refractivity contribution in [3.63, 3.8) is 0 Å². The molecule has 1 amide bonds. The van der Waals surface area contributed by atoms with Crippen molar-refractivity contribution in [3.05, 3.63) is 51.5 Å². The van der Waals surface area contributed by atoms with E-state index in [1.807, 2.05) is 0 Å². The van der Waals surface area contributed by atoms with E-state index in [2.05, 4.69) is 0 Å². The lowest BCUT2D eigenvalue weighted by molar-refractivity contribution is -0.146. The largest absolute Gasteiger partial charge is 0.507 e. The number of primary amides is 1. The molecular formula is C22H18F3NO6. The first-order chi connectivity index (χ1) is 14.9. The average molecular weight is 449 g/mol. The third-order valence-electron chi connectivity index (χ3n) is 7.11. The predicted molar refractivity (Wildman–Crippen MR) is 102 cm³/mol. The Bertz CT molecular complexity index is 1200. The fourth-order valence-corrected chi connectivity index (χ4v) is 5.51. The van der Waals surface area contributed by atoms with E-state index in [-0.39, 0.29) is 47.3 Å². The Morgan fingerprint density at radius 1 is 1.25 bits per heavy atom. The van der Waals surface area contributed by atoms with E-state index in [1.54, 1.807) is 0 Å². The van der Waals surface area contributed by atoms with E-state index in [9.17, 15) is 37.8 Å². The second-order valence-corrected chi connectivity index (χ2v) is 8.75. The van der Waals surface area contributed by atoms with E-state index in [0.717, 1.165) is 13.0 Å². The minimum absolute atomic E-state index is 0.0430. The molecule has 0 aromatic heterocycles. The summed E-state index contributed by atoms with van der Waals surface area (Å²) in [5.74, 6) is -6.40. The van der Waals surface area contributed by atoms with E-state index in [0.29, 0.717) is 0 Å². The molecule has 4 atom stereocenters. The molecule has 1 saturated heterocycles. The smallest absolute Gasteiger partial charge is 0.395 e. The lowest BCUT2D eigenvalue weighted by Crippen LogP contribution is -2.43. The first kappa shape index (κ1) is 20.6. The van der Waals surface area contributed by atoms with Gasteiger partial charge in [0, 0.05) is 17.9 Å². The molecule has 1 aromatic carbocycles. The number of aliphatic hydroxyl groups is 1. The molecular weight excluding hydrogens is 431 g/mol. The molecule has 1 aromatic rings. The van der Waals surface area contributed by atoms with Gasteiger partial charge < -0.3 is 20.7 Å². The summed E-state index contributed by atoms with van der Waals surface area (Å²) >= 11 is 0. The Morgan fingerprint density at radius 3 is 2.56 bits per heavy atom. The molecule has 0 saturated carbocycles. The first-order valence-electron chi connectivity index (χ1n) is 10.1. The van der Waals surface area contributed by atoms with Crippen LogP contribution in [0.4, 0.5) is 13.2 Å². The number of carbonyl (C=O) groups excluding carboxylic acids is 3. The number of alkyl halides is 3. The van der Waals surface area contributed by atoms with Crippen molar-refractivity contribution in [2.75, 3.05) is 0 Å². The Labute approximate surface area is 179 Å². The third kappa shape index (κ3) is 2.46. The quantitative estimate of drug-likeness (QED) is 0.470. The number of halogens is 3. The number of aliphatic hydroxyl groups excluding tert-OH is 1. The molecule has 3 aliphatic carbocycles. The predicted octanol–water partition coefficient (Wildman–Crippen LogP) is 2.73. The topological polar surface area (TPSA) is 130 Å². The van der Waals surface area contributed by atoms with Crippen molar-refractivity contribution >= 4 is 17.5 Å². The number of Topliss-reactive ketones (excluding diaryl/α,β-unsaturated/α-hetero) is 2. The Hall–Kier alpha value is -3.30. The van der Waals surface area contributed by atoms with E-state index < -0.39 is 64.1 Å². The van der Waals surface area contributed by atoms with Gasteiger partial charge in [-0.3, -0.25) is 14.4 Å². The van der Waals surface area contributed by atoms with Gasteiger partial charge in [-0.25, -0.2) is 0 Å². The highest BCUT2D eigenvalue weighted by atomic mass is 19.4. The number of nitrogens with two attached hydrogens (primary N) is 1. The van der Waals surface area contributed by atoms with Crippen LogP contribution in [0.25, 0.3) is 0 Å². The maximum Gasteiger partial charge on any atom is 0.395 e. The summed E-state index contributed by atoms with van der Waals surface area (Å²) in [7, 11) is 0. The van der Waals surface area contributed by atoms with E-state index in [4.69, 9.17) is 10.5 Å². The van der Waals surface area contributed by atoms with Crippen molar-refractivity contribution in [1.82, 2.24) is 0 Å². The van der Waals surface area contributed by atoms with Crippen LogP contribution in [0.2, 0.25) is 0 Å². The fraction of sp³-hybridized carbons (Fsp3) is 0.409. The molecule has 1 fully saturated rings. The van der Waals surface area contributed by atoms with Crippen LogP contribution < -0.4 is 5.73 Å². The molecule has 168 valence electrons. The zero-order valence-electron chi connectivity index (χ0n) is 16.7. The van der Waals surface area contributed by atoms with Gasteiger partial charge in [-0.05, 0) is 42.9 Å². The summed E-state index contributed by atoms with van der Waals surface area (Å²) in [5.41, 5.74) is 3.13. The number of epoxide rings is 1. The zero-order chi connectivity index (χ0) is 23.3. The average Bonchev–Trinajstić information content (AvgIpc) is 3.42. The lowest BCUT2D eigenvalue weighted by atomic mass is 9.63. The number of benzene rings is 1. The third-order valence-corrected chi connectivity index (χ3v) is 7.11. The van der Waals surface area contributed by atoms with Crippen molar-refractivity contribution < 1.29 is 42.5 Å². The van der Waals surface area contributed by atoms with Crippen LogP contribution in [-0.2, 0) is 20.7 Å². The number of aromatic hydroxyl groups is 1. The van der Waals surface area contributed by atoms with E-state index >= 15 is 0 Å². The summed E-state index contributed by atoms with van der Waals surface area (Å²) < 4.78 is 46.0. The van der Waals surface area contributed by atoms with Crippen LogP contribution in [0.5, 0.6) is 5.75 Å². The Kier molecular flexibility index (Phi) is 3.95. The van der Waals surface area contributed by atoms with Crippen LogP contribution in [0.3, 0.4) is 0 Å². The lowest BCUT2D eigenvalue weighted by Gasteiger charge is -2.37. The minimum atomic E-state index is -4.54. The van der Waals surface area contributed by atoms with Gasteiger partial charge in [-0.15, -0.1) is 0 Å². The fourth-order valence-electron chi connectivity index (χ4n) is 5.51. The van der Waals surface area contributed by atoms with Crippen molar-refractivity contribution in [3.8, 4) is 5.75 Å². The van der Waals surface area contributed by atoms with Crippen LogP contribution in [-0.4, -0.2) is 39.5 Å². The summed E-state index contributed by atoms with van der Waals surface area (Å²) in [4.78, 5) is 37.4. The number of phenols is 1. The van der Waals surface area contributed by atoms with Gasteiger partial charge in [0.25, 0.3) is 5.91 Å². The Morgan fingerprint density at radius 2 is 1.94 bits per heavy atom. The summed E-state index contributed by atoms with van der Waals surface area (Å²) in [6, 6.07) is 2.24. The molecule has 2 unspecified atom stereocenters. The van der Waals surface area contributed by atoms with Crippen molar-refractivity contribution in [2.24, 2.45) is 17.6 Å². The normalized spacial score (nSPS) is 29.5. The highest BCUT2D eigenvalue weighted by molar-refractivity contribution is 6.21. The second kappa shape index (κ2) is 6.14. The van der Waals surface area contributed by atoms with Crippen LogP contribution in [0.15, 0.2) is 34.8 Å². The summed E-state index contributed by atoms with van der Waals surface area (Å²) in [5, 5.41) is 21.0. The molecule has 4 N–H and O–H groups in total. The molecule has 1 spiro atoms. The molecule has 32 heavy (non-hydrogen) atoms. The first-order valence-corrected chi connectivity index (χ1v) is 10.1. The number of fused-ring (bicyclic) bond motifs is 2. The Balaban J connectivity index is 1.67.